The molecule has 0 aliphatic heterocycles. The van der Waals surface area contributed by atoms with Crippen molar-refractivity contribution in [3.05, 3.63) is 12.7 Å². The summed E-state index contributed by atoms with van der Waals surface area (Å²) in [4.78, 5) is 0. The fourth-order valence-corrected chi connectivity index (χ4v) is 1.69. The molecule has 54 valence electrons. The first-order valence-electron chi connectivity index (χ1n) is 3.33. The van der Waals surface area contributed by atoms with E-state index in [0.717, 1.165) is 0 Å². The lowest BCUT2D eigenvalue weighted by atomic mass is 10.7. The van der Waals surface area contributed by atoms with Gasteiger partial charge in [0.1, 0.15) is 0 Å². The van der Waals surface area contributed by atoms with Gasteiger partial charge in [-0.05, 0) is 12.3 Å². The molecule has 0 spiro atoms. The van der Waals surface area contributed by atoms with Crippen molar-refractivity contribution >= 4 is 8.15 Å². The van der Waals surface area contributed by atoms with Crippen LogP contribution in [0.5, 0.6) is 0 Å². The Labute approximate surface area is 58.9 Å². The van der Waals surface area contributed by atoms with E-state index in [-0.39, 0.29) is 8.15 Å². The summed E-state index contributed by atoms with van der Waals surface area (Å²) in [6.45, 7) is 8.63. The highest BCUT2D eigenvalue weighted by Crippen LogP contribution is 2.34. The minimum Gasteiger partial charge on any atom is -0.355 e. The predicted octanol–water partition coefficient (Wildman–Crippen LogP) is 2.63. The van der Waals surface area contributed by atoms with Crippen LogP contribution in [0.2, 0.25) is 0 Å². The first-order valence-corrected chi connectivity index (χ1v) is 4.96. The van der Waals surface area contributed by atoms with Crippen LogP contribution in [0.3, 0.4) is 0 Å². The second-order valence-corrected chi connectivity index (χ2v) is 4.19. The van der Waals surface area contributed by atoms with E-state index >= 15 is 0 Å². The summed E-state index contributed by atoms with van der Waals surface area (Å²) >= 11 is 0. The van der Waals surface area contributed by atoms with Gasteiger partial charge in [0.25, 0.3) is 0 Å². The third-order valence-corrected chi connectivity index (χ3v) is 3.01. The molecule has 0 bridgehead atoms. The molecular weight excluding hydrogens is 131 g/mol. The Kier molecular flexibility index (Phi) is 6.34. The average molecular weight is 146 g/mol. The monoisotopic (exact) mass is 146 g/mol. The van der Waals surface area contributed by atoms with Gasteiger partial charge in [0.15, 0.2) is 0 Å². The largest absolute Gasteiger partial charge is 0.355 e. The summed E-state index contributed by atoms with van der Waals surface area (Å²) in [7, 11) is -0.133. The highest BCUT2D eigenvalue weighted by Gasteiger charge is 1.99. The fraction of sp³-hybridized carbons (Fsp3) is 0.714. The van der Waals surface area contributed by atoms with E-state index in [4.69, 9.17) is 4.52 Å². The summed E-state index contributed by atoms with van der Waals surface area (Å²) in [5, 5.41) is 0. The molecule has 0 N–H and O–H groups in total. The summed E-state index contributed by atoms with van der Waals surface area (Å²) in [6.07, 6.45) is 4.14. The number of rotatable bonds is 5. The molecule has 0 rings (SSSR count). The van der Waals surface area contributed by atoms with Crippen LogP contribution in [0.25, 0.3) is 0 Å². The highest BCUT2D eigenvalue weighted by molar-refractivity contribution is 7.52. The smallest absolute Gasteiger partial charge is 0.0687 e. The van der Waals surface area contributed by atoms with E-state index in [0.29, 0.717) is 6.61 Å². The van der Waals surface area contributed by atoms with Crippen LogP contribution >= 0.6 is 8.15 Å². The van der Waals surface area contributed by atoms with Crippen molar-refractivity contribution in [2.45, 2.75) is 13.8 Å². The molecule has 0 saturated heterocycles. The average Bonchev–Trinajstić information content (AvgIpc) is 1.91. The van der Waals surface area contributed by atoms with Crippen LogP contribution in [-0.4, -0.2) is 18.9 Å². The van der Waals surface area contributed by atoms with Gasteiger partial charge in [-0.15, -0.1) is 6.58 Å². The summed E-state index contributed by atoms with van der Waals surface area (Å²) in [6, 6.07) is 0. The normalized spacial score (nSPS) is 10.1. The molecule has 0 radical (unpaired) electrons. The second kappa shape index (κ2) is 6.25. The Bertz CT molecular complexity index is 69.3. The van der Waals surface area contributed by atoms with Gasteiger partial charge in [-0.2, -0.15) is 0 Å². The van der Waals surface area contributed by atoms with Crippen LogP contribution in [0.4, 0.5) is 0 Å². The van der Waals surface area contributed by atoms with Crippen LogP contribution in [0.15, 0.2) is 12.7 Å². The van der Waals surface area contributed by atoms with E-state index in [9.17, 15) is 0 Å². The van der Waals surface area contributed by atoms with Crippen LogP contribution < -0.4 is 0 Å². The second-order valence-electron chi connectivity index (χ2n) is 1.70. The van der Waals surface area contributed by atoms with Crippen molar-refractivity contribution < 1.29 is 4.52 Å². The lowest BCUT2D eigenvalue weighted by Gasteiger charge is -2.10. The van der Waals surface area contributed by atoms with Crippen molar-refractivity contribution in [3.8, 4) is 0 Å². The van der Waals surface area contributed by atoms with Crippen molar-refractivity contribution in [1.82, 2.24) is 0 Å². The van der Waals surface area contributed by atoms with E-state index in [1.165, 1.54) is 12.3 Å². The molecule has 0 atom stereocenters. The first-order chi connectivity index (χ1) is 4.35. The zero-order chi connectivity index (χ0) is 7.11. The first kappa shape index (κ1) is 9.13. The maximum atomic E-state index is 5.44. The zero-order valence-corrected chi connectivity index (χ0v) is 7.16. The van der Waals surface area contributed by atoms with Crippen LogP contribution in [0, 0.1) is 0 Å². The maximum Gasteiger partial charge on any atom is 0.0687 e. The van der Waals surface area contributed by atoms with Gasteiger partial charge in [-0.25, -0.2) is 0 Å². The lowest BCUT2D eigenvalue weighted by molar-refractivity contribution is 0.404. The van der Waals surface area contributed by atoms with Crippen LogP contribution in [0.1, 0.15) is 13.8 Å². The molecular formula is C7H15OP. The minimum absolute atomic E-state index is 0.133. The van der Waals surface area contributed by atoms with Gasteiger partial charge in [-0.3, -0.25) is 0 Å². The molecule has 0 fully saturated rings. The zero-order valence-electron chi connectivity index (χ0n) is 6.26. The fourth-order valence-electron chi connectivity index (χ4n) is 0.564. The summed E-state index contributed by atoms with van der Waals surface area (Å²) in [5.41, 5.74) is 0. The molecule has 0 aromatic carbocycles. The molecule has 0 aromatic heterocycles. The Morgan fingerprint density at radius 3 is 2.33 bits per heavy atom. The molecule has 0 heterocycles. The Hall–Kier alpha value is 0.130. The summed E-state index contributed by atoms with van der Waals surface area (Å²) in [5.74, 6) is 0. The Balaban J connectivity index is 3.19. The quantitative estimate of drug-likeness (QED) is 0.428. The molecule has 0 unspecified atom stereocenters. The highest BCUT2D eigenvalue weighted by atomic mass is 31.1. The van der Waals surface area contributed by atoms with Gasteiger partial charge >= 0.3 is 0 Å². The van der Waals surface area contributed by atoms with Crippen molar-refractivity contribution in [1.29, 1.82) is 0 Å². The molecule has 2 heteroatoms. The molecule has 0 aliphatic carbocycles. The molecule has 1 nitrogen and oxygen atoms in total. The van der Waals surface area contributed by atoms with Crippen molar-refractivity contribution in [2.24, 2.45) is 0 Å². The molecule has 0 aliphatic rings. The van der Waals surface area contributed by atoms with E-state index in [1.54, 1.807) is 6.08 Å². The van der Waals surface area contributed by atoms with Gasteiger partial charge in [-0.1, -0.05) is 19.9 Å². The van der Waals surface area contributed by atoms with Crippen LogP contribution in [-0.2, 0) is 4.52 Å². The third kappa shape index (κ3) is 4.62. The molecule has 0 aromatic rings. The topological polar surface area (TPSA) is 9.23 Å². The van der Waals surface area contributed by atoms with E-state index in [1.807, 2.05) is 0 Å². The van der Waals surface area contributed by atoms with Gasteiger partial charge in [0.2, 0.25) is 0 Å². The van der Waals surface area contributed by atoms with Gasteiger partial charge in [0.05, 0.1) is 6.61 Å². The Morgan fingerprint density at radius 1 is 1.44 bits per heavy atom. The number of hydrogen-bond acceptors (Lipinski definition) is 1. The predicted molar refractivity (Wildman–Crippen MR) is 44.2 cm³/mol. The van der Waals surface area contributed by atoms with Gasteiger partial charge in [0, 0.05) is 8.15 Å². The van der Waals surface area contributed by atoms with E-state index in [2.05, 4.69) is 20.4 Å². The molecule has 0 amide bonds. The maximum absolute atomic E-state index is 5.44. The molecule has 9 heavy (non-hydrogen) atoms. The summed E-state index contributed by atoms with van der Waals surface area (Å²) < 4.78 is 5.44. The van der Waals surface area contributed by atoms with E-state index < -0.39 is 0 Å². The SMILES string of the molecule is C=CCOP(CC)CC. The Morgan fingerprint density at radius 2 is 2.00 bits per heavy atom. The number of hydrogen-bond donors (Lipinski definition) is 0. The lowest BCUT2D eigenvalue weighted by Crippen LogP contribution is -1.89. The third-order valence-electron chi connectivity index (χ3n) is 1.08. The van der Waals surface area contributed by atoms with Crippen molar-refractivity contribution in [3.63, 3.8) is 0 Å². The minimum atomic E-state index is -0.133. The van der Waals surface area contributed by atoms with Crippen molar-refractivity contribution in [2.75, 3.05) is 18.9 Å². The van der Waals surface area contributed by atoms with Gasteiger partial charge < -0.3 is 4.52 Å². The standard InChI is InChI=1S/C7H15OP/c1-4-7-8-9(5-2)6-3/h4H,1,5-7H2,2-3H3. The molecule has 0 saturated carbocycles.